The van der Waals surface area contributed by atoms with Gasteiger partial charge in [0.25, 0.3) is 5.91 Å². The maximum Gasteiger partial charge on any atom is 0.254 e. The summed E-state index contributed by atoms with van der Waals surface area (Å²) in [5, 5.41) is 5.09. The second-order valence-corrected chi connectivity index (χ2v) is 7.16. The predicted octanol–water partition coefficient (Wildman–Crippen LogP) is 3.38. The lowest BCUT2D eigenvalue weighted by Gasteiger charge is -2.26. The first-order chi connectivity index (χ1) is 12.5. The number of thioether (sulfide) groups is 1. The summed E-state index contributed by atoms with van der Waals surface area (Å²) < 4.78 is 3.74. The van der Waals surface area contributed by atoms with Gasteiger partial charge in [0.15, 0.2) is 5.16 Å². The number of carbonyl (C=O) groups is 1. The van der Waals surface area contributed by atoms with Crippen molar-refractivity contribution >= 4 is 17.7 Å². The van der Waals surface area contributed by atoms with Crippen LogP contribution in [0, 0.1) is 0 Å². The van der Waals surface area contributed by atoms with Crippen LogP contribution in [-0.4, -0.2) is 42.4 Å². The van der Waals surface area contributed by atoms with Crippen LogP contribution >= 0.6 is 11.8 Å². The van der Waals surface area contributed by atoms with Gasteiger partial charge < -0.3 is 4.90 Å². The molecular weight excluding hydrogens is 346 g/mol. The molecule has 6 nitrogen and oxygen atoms in total. The minimum Gasteiger partial charge on any atom is -0.332 e. The Hall–Kier alpha value is -2.54. The topological polar surface area (TPSA) is 56.0 Å². The van der Waals surface area contributed by atoms with Crippen molar-refractivity contribution in [3.63, 3.8) is 0 Å². The summed E-state index contributed by atoms with van der Waals surface area (Å²) in [5.41, 5.74) is 2.62. The zero-order valence-corrected chi connectivity index (χ0v) is 16.3. The van der Waals surface area contributed by atoms with Crippen LogP contribution in [0.4, 0.5) is 0 Å². The van der Waals surface area contributed by atoms with Gasteiger partial charge in [0.1, 0.15) is 0 Å². The highest BCUT2D eigenvalue weighted by Gasteiger charge is 2.20. The van der Waals surface area contributed by atoms with Gasteiger partial charge in [0, 0.05) is 55.0 Å². The lowest BCUT2D eigenvalue weighted by Crippen LogP contribution is -2.36. The Morgan fingerprint density at radius 3 is 2.81 bits per heavy atom. The summed E-state index contributed by atoms with van der Waals surface area (Å²) in [6.45, 7) is 4.59. The molecular formula is C19H23N5OS. The number of rotatable bonds is 6. The highest BCUT2D eigenvalue weighted by atomic mass is 32.2. The van der Waals surface area contributed by atoms with Gasteiger partial charge >= 0.3 is 0 Å². The van der Waals surface area contributed by atoms with Crippen molar-refractivity contribution in [2.75, 3.05) is 6.26 Å². The second-order valence-electron chi connectivity index (χ2n) is 6.38. The zero-order chi connectivity index (χ0) is 18.7. The molecule has 136 valence electrons. The third-order valence-corrected chi connectivity index (χ3v) is 4.82. The molecule has 0 N–H and O–H groups in total. The summed E-state index contributed by atoms with van der Waals surface area (Å²) in [4.78, 5) is 19.3. The van der Waals surface area contributed by atoms with Gasteiger partial charge in [-0.25, -0.2) is 4.98 Å². The zero-order valence-electron chi connectivity index (χ0n) is 15.5. The van der Waals surface area contributed by atoms with Crippen molar-refractivity contribution in [1.29, 1.82) is 0 Å². The van der Waals surface area contributed by atoms with Gasteiger partial charge in [-0.1, -0.05) is 17.8 Å². The predicted molar refractivity (Wildman–Crippen MR) is 104 cm³/mol. The molecule has 1 aromatic carbocycles. The van der Waals surface area contributed by atoms with E-state index in [1.54, 1.807) is 28.8 Å². The Balaban J connectivity index is 1.89. The Morgan fingerprint density at radius 2 is 2.15 bits per heavy atom. The minimum atomic E-state index is 0.0107. The van der Waals surface area contributed by atoms with E-state index in [0.717, 1.165) is 16.4 Å². The number of carbonyl (C=O) groups excluding carboxylic acids is 1. The molecule has 0 atom stereocenters. The first kappa shape index (κ1) is 18.3. The molecule has 0 aliphatic carbocycles. The number of aryl methyl sites for hydroxylation is 1. The van der Waals surface area contributed by atoms with E-state index in [9.17, 15) is 4.79 Å². The number of hydrogen-bond donors (Lipinski definition) is 0. The van der Waals surface area contributed by atoms with Crippen LogP contribution < -0.4 is 0 Å². The van der Waals surface area contributed by atoms with Crippen LogP contribution in [0.1, 0.15) is 29.8 Å². The average Bonchev–Trinajstić information content (AvgIpc) is 3.27. The van der Waals surface area contributed by atoms with E-state index in [-0.39, 0.29) is 11.9 Å². The van der Waals surface area contributed by atoms with E-state index < -0.39 is 0 Å². The van der Waals surface area contributed by atoms with E-state index in [4.69, 9.17) is 0 Å². The van der Waals surface area contributed by atoms with Crippen LogP contribution in [-0.2, 0) is 13.6 Å². The summed E-state index contributed by atoms with van der Waals surface area (Å²) in [5.74, 6) is 0.0107. The molecule has 2 aromatic heterocycles. The smallest absolute Gasteiger partial charge is 0.254 e. The van der Waals surface area contributed by atoms with Crippen LogP contribution in [0.25, 0.3) is 5.69 Å². The molecule has 2 heterocycles. The van der Waals surface area contributed by atoms with Crippen LogP contribution in [0.15, 0.2) is 54.2 Å². The SMILES string of the molecule is CSc1nccn1-c1cccc(C(=O)N(Cc2cnn(C)c2)C(C)C)c1. The molecule has 1 amide bonds. The molecule has 0 saturated carbocycles. The van der Waals surface area contributed by atoms with Crippen LogP contribution in [0.5, 0.6) is 0 Å². The maximum atomic E-state index is 13.1. The molecule has 0 aliphatic rings. The van der Waals surface area contributed by atoms with Crippen molar-refractivity contribution in [3.05, 3.63) is 60.2 Å². The van der Waals surface area contributed by atoms with Crippen molar-refractivity contribution in [3.8, 4) is 5.69 Å². The van der Waals surface area contributed by atoms with Crippen molar-refractivity contribution in [2.24, 2.45) is 7.05 Å². The largest absolute Gasteiger partial charge is 0.332 e. The van der Waals surface area contributed by atoms with Crippen LogP contribution in [0.2, 0.25) is 0 Å². The summed E-state index contributed by atoms with van der Waals surface area (Å²) in [7, 11) is 1.88. The lowest BCUT2D eigenvalue weighted by molar-refractivity contribution is 0.0690. The van der Waals surface area contributed by atoms with Crippen molar-refractivity contribution in [2.45, 2.75) is 31.6 Å². The van der Waals surface area contributed by atoms with E-state index in [2.05, 4.69) is 10.1 Å². The summed E-state index contributed by atoms with van der Waals surface area (Å²) in [6, 6.07) is 7.76. The molecule has 26 heavy (non-hydrogen) atoms. The average molecular weight is 369 g/mol. The van der Waals surface area contributed by atoms with Gasteiger partial charge in [0.05, 0.1) is 6.20 Å². The fraction of sp³-hybridized carbons (Fsp3) is 0.316. The lowest BCUT2D eigenvalue weighted by atomic mass is 10.1. The molecule has 0 radical (unpaired) electrons. The molecule has 0 fully saturated rings. The molecule has 0 unspecified atom stereocenters. The van der Waals surface area contributed by atoms with Gasteiger partial charge in [-0.3, -0.25) is 14.0 Å². The standard InChI is InChI=1S/C19H23N5OS/c1-14(2)24(13-15-11-21-22(3)12-15)18(25)16-6-5-7-17(10-16)23-9-8-20-19(23)26-4/h5-12,14H,13H2,1-4H3. The molecule has 0 bridgehead atoms. The number of aromatic nitrogens is 4. The number of imidazole rings is 1. The van der Waals surface area contributed by atoms with Gasteiger partial charge in [-0.2, -0.15) is 5.10 Å². The molecule has 0 spiro atoms. The van der Waals surface area contributed by atoms with Crippen molar-refractivity contribution < 1.29 is 4.79 Å². The Morgan fingerprint density at radius 1 is 1.35 bits per heavy atom. The highest BCUT2D eigenvalue weighted by Crippen LogP contribution is 2.20. The number of nitrogens with zero attached hydrogens (tertiary/aromatic N) is 5. The molecule has 7 heteroatoms. The monoisotopic (exact) mass is 369 g/mol. The second kappa shape index (κ2) is 7.78. The molecule has 0 saturated heterocycles. The molecule has 3 aromatic rings. The van der Waals surface area contributed by atoms with E-state index in [0.29, 0.717) is 12.1 Å². The Labute approximate surface area is 157 Å². The molecule has 0 aliphatic heterocycles. The maximum absolute atomic E-state index is 13.1. The Kier molecular flexibility index (Phi) is 5.46. The summed E-state index contributed by atoms with van der Waals surface area (Å²) >= 11 is 1.57. The third kappa shape index (κ3) is 3.83. The van der Waals surface area contributed by atoms with E-state index >= 15 is 0 Å². The number of benzene rings is 1. The van der Waals surface area contributed by atoms with E-state index in [1.807, 2.05) is 73.3 Å². The number of amides is 1. The fourth-order valence-corrected chi connectivity index (χ4v) is 3.36. The highest BCUT2D eigenvalue weighted by molar-refractivity contribution is 7.98. The normalized spacial score (nSPS) is 11.1. The third-order valence-electron chi connectivity index (χ3n) is 4.16. The first-order valence-electron chi connectivity index (χ1n) is 8.46. The minimum absolute atomic E-state index is 0.0107. The van der Waals surface area contributed by atoms with Gasteiger partial charge in [-0.05, 0) is 38.3 Å². The fourth-order valence-electron chi connectivity index (χ4n) is 2.83. The van der Waals surface area contributed by atoms with E-state index in [1.165, 1.54) is 0 Å². The van der Waals surface area contributed by atoms with Crippen LogP contribution in [0.3, 0.4) is 0 Å². The van der Waals surface area contributed by atoms with Crippen molar-refractivity contribution in [1.82, 2.24) is 24.2 Å². The van der Waals surface area contributed by atoms with Gasteiger partial charge in [-0.15, -0.1) is 0 Å². The Bertz CT molecular complexity index is 899. The molecule has 3 rings (SSSR count). The quantitative estimate of drug-likeness (QED) is 0.625. The number of hydrogen-bond acceptors (Lipinski definition) is 4. The van der Waals surface area contributed by atoms with Gasteiger partial charge in [0.2, 0.25) is 0 Å². The first-order valence-corrected chi connectivity index (χ1v) is 9.68. The summed E-state index contributed by atoms with van der Waals surface area (Å²) in [6.07, 6.45) is 9.40.